The quantitative estimate of drug-likeness (QED) is 0.529. The standard InChI is InChI=1S/C21H22FN3O3/c1-14-3-4-15(2)18(13-14)23-19(26)11-12-21(28)25-24-20(27)10-7-16-5-8-17(22)9-6-16/h3-10,13H,11-12H2,1-2H3,(H,23,26)(H,24,27)(H,25,28). The van der Waals surface area contributed by atoms with Crippen LogP contribution in [0.5, 0.6) is 0 Å². The van der Waals surface area contributed by atoms with Gasteiger partial charge in [-0.2, -0.15) is 0 Å². The fourth-order valence-electron chi connectivity index (χ4n) is 2.29. The highest BCUT2D eigenvalue weighted by atomic mass is 19.1. The van der Waals surface area contributed by atoms with Crippen LogP contribution in [-0.2, 0) is 14.4 Å². The van der Waals surface area contributed by atoms with E-state index >= 15 is 0 Å². The molecule has 0 heterocycles. The normalized spacial score (nSPS) is 10.5. The van der Waals surface area contributed by atoms with E-state index in [1.54, 1.807) is 0 Å². The van der Waals surface area contributed by atoms with Crippen molar-refractivity contribution in [3.63, 3.8) is 0 Å². The summed E-state index contributed by atoms with van der Waals surface area (Å²) in [4.78, 5) is 35.4. The number of benzene rings is 2. The van der Waals surface area contributed by atoms with Crippen LogP contribution < -0.4 is 16.2 Å². The van der Waals surface area contributed by atoms with E-state index in [9.17, 15) is 18.8 Å². The number of carbonyl (C=O) groups is 3. The van der Waals surface area contributed by atoms with Crippen molar-refractivity contribution in [3.05, 3.63) is 71.0 Å². The Morgan fingerprint density at radius 3 is 2.32 bits per heavy atom. The lowest BCUT2D eigenvalue weighted by atomic mass is 10.1. The van der Waals surface area contributed by atoms with Crippen LogP contribution in [0.2, 0.25) is 0 Å². The summed E-state index contributed by atoms with van der Waals surface area (Å²) in [6.07, 6.45) is 2.61. The second kappa shape index (κ2) is 10.0. The molecule has 0 atom stereocenters. The summed E-state index contributed by atoms with van der Waals surface area (Å²) in [6.45, 7) is 3.81. The minimum atomic E-state index is -0.544. The summed E-state index contributed by atoms with van der Waals surface area (Å²) in [7, 11) is 0. The van der Waals surface area contributed by atoms with Crippen molar-refractivity contribution in [3.8, 4) is 0 Å². The maximum Gasteiger partial charge on any atom is 0.262 e. The molecule has 146 valence electrons. The zero-order valence-electron chi connectivity index (χ0n) is 15.7. The molecule has 0 unspecified atom stereocenters. The Hall–Kier alpha value is -3.48. The average Bonchev–Trinajstić information content (AvgIpc) is 2.67. The van der Waals surface area contributed by atoms with Gasteiger partial charge in [0.25, 0.3) is 5.91 Å². The largest absolute Gasteiger partial charge is 0.326 e. The third-order valence-electron chi connectivity index (χ3n) is 3.87. The maximum absolute atomic E-state index is 12.8. The van der Waals surface area contributed by atoms with Crippen LogP contribution in [0, 0.1) is 19.7 Å². The van der Waals surface area contributed by atoms with Crippen molar-refractivity contribution in [2.75, 3.05) is 5.32 Å². The Bertz CT molecular complexity index is 892. The lowest BCUT2D eigenvalue weighted by molar-refractivity contribution is -0.128. The molecule has 0 aliphatic heterocycles. The number of rotatable bonds is 6. The number of hydrogen-bond donors (Lipinski definition) is 3. The molecule has 0 aromatic heterocycles. The first-order valence-corrected chi connectivity index (χ1v) is 8.73. The van der Waals surface area contributed by atoms with E-state index in [-0.39, 0.29) is 24.6 Å². The van der Waals surface area contributed by atoms with Gasteiger partial charge in [-0.05, 0) is 54.8 Å². The van der Waals surface area contributed by atoms with Gasteiger partial charge in [-0.1, -0.05) is 24.3 Å². The molecule has 0 aliphatic carbocycles. The molecule has 3 amide bonds. The molecule has 0 aliphatic rings. The number of amides is 3. The van der Waals surface area contributed by atoms with Crippen molar-refractivity contribution >= 4 is 29.5 Å². The van der Waals surface area contributed by atoms with Crippen LogP contribution >= 0.6 is 0 Å². The fourth-order valence-corrected chi connectivity index (χ4v) is 2.29. The van der Waals surface area contributed by atoms with Crippen molar-refractivity contribution in [1.29, 1.82) is 0 Å². The van der Waals surface area contributed by atoms with Crippen LogP contribution in [0.15, 0.2) is 48.5 Å². The smallest absolute Gasteiger partial charge is 0.262 e. The monoisotopic (exact) mass is 383 g/mol. The number of anilines is 1. The van der Waals surface area contributed by atoms with Gasteiger partial charge in [0.2, 0.25) is 11.8 Å². The van der Waals surface area contributed by atoms with Gasteiger partial charge in [0.1, 0.15) is 5.82 Å². The molecule has 3 N–H and O–H groups in total. The van der Waals surface area contributed by atoms with Gasteiger partial charge < -0.3 is 5.32 Å². The second-order valence-corrected chi connectivity index (χ2v) is 6.29. The average molecular weight is 383 g/mol. The number of hydrazine groups is 1. The number of carbonyl (C=O) groups excluding carboxylic acids is 3. The Morgan fingerprint density at radius 1 is 0.929 bits per heavy atom. The first-order chi connectivity index (χ1) is 13.3. The van der Waals surface area contributed by atoms with Gasteiger partial charge in [0.05, 0.1) is 0 Å². The molecule has 0 saturated heterocycles. The number of nitrogens with one attached hydrogen (secondary N) is 3. The lowest BCUT2D eigenvalue weighted by Gasteiger charge is -2.09. The number of halogens is 1. The minimum absolute atomic E-state index is 0.0134. The highest BCUT2D eigenvalue weighted by molar-refractivity contribution is 5.95. The lowest BCUT2D eigenvalue weighted by Crippen LogP contribution is -2.41. The van der Waals surface area contributed by atoms with Crippen molar-refractivity contribution in [1.82, 2.24) is 10.9 Å². The van der Waals surface area contributed by atoms with Gasteiger partial charge in [0.15, 0.2) is 0 Å². The molecular formula is C21H22FN3O3. The summed E-state index contributed by atoms with van der Waals surface area (Å²) >= 11 is 0. The molecule has 6 nitrogen and oxygen atoms in total. The highest BCUT2D eigenvalue weighted by Crippen LogP contribution is 2.16. The van der Waals surface area contributed by atoms with E-state index in [2.05, 4.69) is 16.2 Å². The zero-order chi connectivity index (χ0) is 20.5. The molecule has 0 bridgehead atoms. The summed E-state index contributed by atoms with van der Waals surface area (Å²) in [6, 6.07) is 11.3. The second-order valence-electron chi connectivity index (χ2n) is 6.29. The molecule has 0 fully saturated rings. The molecule has 28 heavy (non-hydrogen) atoms. The SMILES string of the molecule is Cc1ccc(C)c(NC(=O)CCC(=O)NNC(=O)C=Cc2ccc(F)cc2)c1. The molecule has 2 rings (SSSR count). The Kier molecular flexibility index (Phi) is 7.45. The van der Waals surface area contributed by atoms with Gasteiger partial charge in [-0.3, -0.25) is 25.2 Å². The van der Waals surface area contributed by atoms with Crippen molar-refractivity contribution in [2.24, 2.45) is 0 Å². The Labute approximate surface area is 162 Å². The van der Waals surface area contributed by atoms with Crippen LogP contribution in [0.1, 0.15) is 29.5 Å². The van der Waals surface area contributed by atoms with E-state index in [4.69, 9.17) is 0 Å². The third kappa shape index (κ3) is 7.03. The first kappa shape index (κ1) is 20.8. The summed E-state index contributed by atoms with van der Waals surface area (Å²) in [5, 5.41) is 2.77. The van der Waals surface area contributed by atoms with E-state index in [0.717, 1.165) is 11.1 Å². The predicted molar refractivity (Wildman–Crippen MR) is 105 cm³/mol. The van der Waals surface area contributed by atoms with Gasteiger partial charge >= 0.3 is 0 Å². The molecule has 0 radical (unpaired) electrons. The summed E-state index contributed by atoms with van der Waals surface area (Å²) < 4.78 is 12.8. The van der Waals surface area contributed by atoms with Crippen molar-refractivity contribution < 1.29 is 18.8 Å². The zero-order valence-corrected chi connectivity index (χ0v) is 15.7. The van der Waals surface area contributed by atoms with E-state index in [1.807, 2.05) is 32.0 Å². The van der Waals surface area contributed by atoms with Gasteiger partial charge in [0, 0.05) is 24.6 Å². The summed E-state index contributed by atoms with van der Waals surface area (Å²) in [5.74, 6) is -1.68. The summed E-state index contributed by atoms with van der Waals surface area (Å²) in [5.41, 5.74) is 7.77. The molecule has 0 spiro atoms. The number of hydrogen-bond acceptors (Lipinski definition) is 3. The third-order valence-corrected chi connectivity index (χ3v) is 3.87. The fraction of sp³-hybridized carbons (Fsp3) is 0.190. The van der Waals surface area contributed by atoms with Crippen LogP contribution in [0.4, 0.5) is 10.1 Å². The highest BCUT2D eigenvalue weighted by Gasteiger charge is 2.09. The maximum atomic E-state index is 12.8. The van der Waals surface area contributed by atoms with E-state index in [1.165, 1.54) is 36.4 Å². The van der Waals surface area contributed by atoms with E-state index < -0.39 is 11.8 Å². The van der Waals surface area contributed by atoms with E-state index in [0.29, 0.717) is 11.3 Å². The predicted octanol–water partition coefficient (Wildman–Crippen LogP) is 3.02. The van der Waals surface area contributed by atoms with Crippen LogP contribution in [0.3, 0.4) is 0 Å². The molecule has 7 heteroatoms. The molecule has 2 aromatic carbocycles. The Balaban J connectivity index is 1.71. The molecular weight excluding hydrogens is 361 g/mol. The van der Waals surface area contributed by atoms with Crippen LogP contribution in [0.25, 0.3) is 6.08 Å². The minimum Gasteiger partial charge on any atom is -0.326 e. The van der Waals surface area contributed by atoms with Gasteiger partial charge in [-0.15, -0.1) is 0 Å². The number of aryl methyl sites for hydroxylation is 2. The van der Waals surface area contributed by atoms with Gasteiger partial charge in [-0.25, -0.2) is 4.39 Å². The molecule has 0 saturated carbocycles. The van der Waals surface area contributed by atoms with Crippen LogP contribution in [-0.4, -0.2) is 17.7 Å². The Morgan fingerprint density at radius 2 is 1.61 bits per heavy atom. The topological polar surface area (TPSA) is 87.3 Å². The van der Waals surface area contributed by atoms with Crippen molar-refractivity contribution in [2.45, 2.75) is 26.7 Å². The molecule has 2 aromatic rings. The first-order valence-electron chi connectivity index (χ1n) is 8.73.